The molecule has 2 heterocycles. The first-order valence-electron chi connectivity index (χ1n) is 5.89. The van der Waals surface area contributed by atoms with E-state index >= 15 is 0 Å². The number of hydrogen-bond donors (Lipinski definition) is 3. The van der Waals surface area contributed by atoms with Gasteiger partial charge in [0.2, 0.25) is 15.0 Å². The maximum absolute atomic E-state index is 11.2. The van der Waals surface area contributed by atoms with Gasteiger partial charge in [-0.05, 0) is 36.5 Å². The second-order valence-corrected chi connectivity index (χ2v) is 7.51. The van der Waals surface area contributed by atoms with Gasteiger partial charge in [0.05, 0.1) is 10.6 Å². The van der Waals surface area contributed by atoms with E-state index in [4.69, 9.17) is 23.1 Å². The molecule has 114 valence electrons. The predicted molar refractivity (Wildman–Crippen MR) is 85.7 cm³/mol. The Kier molecular flexibility index (Phi) is 3.56. The van der Waals surface area contributed by atoms with E-state index in [1.807, 2.05) is 0 Å². The Morgan fingerprint density at radius 1 is 1.32 bits per heavy atom. The quantitative estimate of drug-likeness (QED) is 0.589. The maximum Gasteiger partial charge on any atom is 0.238 e. The van der Waals surface area contributed by atoms with Crippen molar-refractivity contribution in [1.29, 1.82) is 0 Å². The first-order valence-corrected chi connectivity index (χ1v) is 8.66. The number of rotatable bonds is 2. The van der Waals surface area contributed by atoms with Crippen LogP contribution in [0, 0.1) is 3.95 Å². The molecule has 0 spiro atoms. The van der Waals surface area contributed by atoms with Crippen molar-refractivity contribution in [3.8, 4) is 0 Å². The zero-order chi connectivity index (χ0) is 15.9. The molecule has 5 N–H and O–H groups in total. The number of sulfonamides is 1. The van der Waals surface area contributed by atoms with Crippen LogP contribution in [0.1, 0.15) is 0 Å². The highest BCUT2D eigenvalue weighted by molar-refractivity contribution is 7.89. The van der Waals surface area contributed by atoms with E-state index in [0.29, 0.717) is 25.9 Å². The highest BCUT2D eigenvalue weighted by Crippen LogP contribution is 2.15. The molecule has 22 heavy (non-hydrogen) atoms. The van der Waals surface area contributed by atoms with Gasteiger partial charge >= 0.3 is 0 Å². The minimum Gasteiger partial charge on any atom is -0.383 e. The first kappa shape index (κ1) is 14.8. The third kappa shape index (κ3) is 2.92. The summed E-state index contributed by atoms with van der Waals surface area (Å²) in [5.41, 5.74) is 6.78. The fourth-order valence-corrected chi connectivity index (χ4v) is 3.30. The fraction of sp³-hybridized carbons (Fsp3) is 0. The number of aromatic amines is 1. The largest absolute Gasteiger partial charge is 0.383 e. The summed E-state index contributed by atoms with van der Waals surface area (Å²) in [4.78, 5) is 9.16. The van der Waals surface area contributed by atoms with E-state index in [1.165, 1.54) is 23.5 Å². The van der Waals surface area contributed by atoms with Gasteiger partial charge in [0.1, 0.15) is 5.82 Å². The first-order chi connectivity index (χ1) is 10.3. The minimum absolute atomic E-state index is 0.0217. The Morgan fingerprint density at radius 3 is 2.64 bits per heavy atom. The monoisotopic (exact) mass is 354 g/mol. The normalized spacial score (nSPS) is 12.9. The second kappa shape index (κ2) is 5.28. The number of primary sulfonamides is 1. The van der Waals surface area contributed by atoms with Gasteiger partial charge in [-0.25, -0.2) is 28.0 Å². The fourth-order valence-electron chi connectivity index (χ4n) is 1.78. The smallest absolute Gasteiger partial charge is 0.238 e. The number of nitrogens with one attached hydrogen (secondary N) is 1. The van der Waals surface area contributed by atoms with Crippen molar-refractivity contribution >= 4 is 50.0 Å². The lowest BCUT2D eigenvalue weighted by Crippen LogP contribution is -2.16. The topological polar surface area (TPSA) is 132 Å². The van der Waals surface area contributed by atoms with Gasteiger partial charge in [0, 0.05) is 6.07 Å². The average Bonchev–Trinajstić information content (AvgIpc) is 2.78. The molecule has 3 aromatic rings. The number of hydrogen-bond acceptors (Lipinski definition) is 7. The molecule has 0 aliphatic carbocycles. The Hall–Kier alpha value is -2.08. The van der Waals surface area contributed by atoms with Crippen LogP contribution in [0.3, 0.4) is 0 Å². The van der Waals surface area contributed by atoms with Crippen LogP contribution >= 0.6 is 23.6 Å². The van der Waals surface area contributed by atoms with Gasteiger partial charge in [-0.1, -0.05) is 11.3 Å². The highest BCUT2D eigenvalue weighted by atomic mass is 32.2. The maximum atomic E-state index is 11.2. The number of H-pyrrole nitrogens is 1. The van der Waals surface area contributed by atoms with Crippen molar-refractivity contribution in [2.24, 2.45) is 10.1 Å². The second-order valence-electron chi connectivity index (χ2n) is 4.31. The van der Waals surface area contributed by atoms with Crippen LogP contribution < -0.4 is 16.4 Å². The van der Waals surface area contributed by atoms with E-state index < -0.39 is 10.0 Å². The predicted octanol–water partition coefficient (Wildman–Crippen LogP) is 0.915. The van der Waals surface area contributed by atoms with Crippen LogP contribution in [0.5, 0.6) is 0 Å². The zero-order valence-corrected chi connectivity index (χ0v) is 13.4. The average molecular weight is 354 g/mol. The van der Waals surface area contributed by atoms with Crippen LogP contribution in [-0.4, -0.2) is 23.0 Å². The van der Waals surface area contributed by atoms with Crippen LogP contribution in [0.25, 0.3) is 4.96 Å². The van der Waals surface area contributed by atoms with Gasteiger partial charge in [0.15, 0.2) is 9.44 Å². The van der Waals surface area contributed by atoms with Crippen molar-refractivity contribution in [2.75, 3.05) is 5.73 Å². The lowest BCUT2D eigenvalue weighted by Gasteiger charge is -2.00. The van der Waals surface area contributed by atoms with Gasteiger partial charge < -0.3 is 5.73 Å². The number of nitrogens with zero attached hydrogens (tertiary/aromatic N) is 3. The summed E-state index contributed by atoms with van der Waals surface area (Å²) in [6.07, 6.45) is 0. The Bertz CT molecular complexity index is 1080. The van der Waals surface area contributed by atoms with Gasteiger partial charge in [-0.2, -0.15) is 0 Å². The standard InChI is InChI=1S/C11H10N6O2S3/c12-8-5-9(17-10(15-8)21-11(20)16-17)14-6-1-3-7(4-2-6)22(13,18)19/h1-5H,12H2,(H,16,20)(H2,13,18,19). The number of nitrogens with two attached hydrogens (primary N) is 2. The molecule has 0 aliphatic rings. The minimum atomic E-state index is -3.73. The van der Waals surface area contributed by atoms with Crippen molar-refractivity contribution in [2.45, 2.75) is 4.90 Å². The van der Waals surface area contributed by atoms with Gasteiger partial charge in [0.25, 0.3) is 0 Å². The Morgan fingerprint density at radius 2 is 2.00 bits per heavy atom. The third-order valence-corrected chi connectivity index (χ3v) is 4.72. The van der Waals surface area contributed by atoms with Crippen LogP contribution in [-0.2, 0) is 10.0 Å². The van der Waals surface area contributed by atoms with E-state index in [9.17, 15) is 8.42 Å². The summed E-state index contributed by atoms with van der Waals surface area (Å²) in [6.45, 7) is 0. The van der Waals surface area contributed by atoms with Crippen molar-refractivity contribution < 1.29 is 8.42 Å². The van der Waals surface area contributed by atoms with Crippen LogP contribution in [0.15, 0.2) is 40.2 Å². The van der Waals surface area contributed by atoms with Crippen molar-refractivity contribution in [3.63, 3.8) is 0 Å². The molecule has 0 saturated heterocycles. The third-order valence-electron chi connectivity index (χ3n) is 2.72. The van der Waals surface area contributed by atoms with Crippen LogP contribution in [0.4, 0.5) is 11.5 Å². The molecular weight excluding hydrogens is 344 g/mol. The number of aromatic nitrogens is 3. The SMILES string of the molecule is Nc1cc(=Nc2ccc(S(N)(=O)=O)cc2)n2[nH]c(=S)sc2n1. The molecule has 2 aromatic heterocycles. The summed E-state index contributed by atoms with van der Waals surface area (Å²) < 4.78 is 24.6. The summed E-state index contributed by atoms with van der Waals surface area (Å²) >= 11 is 6.35. The van der Waals surface area contributed by atoms with E-state index in [0.717, 1.165) is 0 Å². The molecular formula is C11H10N6O2S3. The number of nitrogen functional groups attached to an aromatic ring is 1. The molecule has 11 heteroatoms. The number of benzene rings is 1. The molecule has 1 aromatic carbocycles. The molecule has 0 aliphatic heterocycles. The molecule has 0 unspecified atom stereocenters. The molecule has 3 rings (SSSR count). The van der Waals surface area contributed by atoms with Gasteiger partial charge in [-0.3, -0.25) is 5.10 Å². The van der Waals surface area contributed by atoms with E-state index in [2.05, 4.69) is 15.1 Å². The Labute approximate surface area is 133 Å². The summed E-state index contributed by atoms with van der Waals surface area (Å²) in [7, 11) is -3.73. The van der Waals surface area contributed by atoms with E-state index in [1.54, 1.807) is 22.7 Å². The van der Waals surface area contributed by atoms with Crippen molar-refractivity contribution in [1.82, 2.24) is 14.6 Å². The molecule has 0 saturated carbocycles. The Balaban J connectivity index is 2.18. The van der Waals surface area contributed by atoms with Crippen molar-refractivity contribution in [3.05, 3.63) is 39.8 Å². The highest BCUT2D eigenvalue weighted by Gasteiger charge is 2.07. The van der Waals surface area contributed by atoms with Gasteiger partial charge in [-0.15, -0.1) is 0 Å². The molecule has 0 radical (unpaired) electrons. The summed E-state index contributed by atoms with van der Waals surface area (Å²) in [5.74, 6) is 0.310. The summed E-state index contributed by atoms with van der Waals surface area (Å²) in [6, 6.07) is 7.44. The molecule has 0 amide bonds. The zero-order valence-electron chi connectivity index (χ0n) is 10.9. The summed E-state index contributed by atoms with van der Waals surface area (Å²) in [5, 5.41) is 7.99. The van der Waals surface area contributed by atoms with Crippen LogP contribution in [0.2, 0.25) is 0 Å². The number of fused-ring (bicyclic) bond motifs is 1. The lowest BCUT2D eigenvalue weighted by atomic mass is 10.3. The molecule has 0 fully saturated rings. The van der Waals surface area contributed by atoms with E-state index in [-0.39, 0.29) is 4.90 Å². The lowest BCUT2D eigenvalue weighted by molar-refractivity contribution is 0.598. The number of anilines is 1. The molecule has 8 nitrogen and oxygen atoms in total. The molecule has 0 bridgehead atoms. The molecule has 0 atom stereocenters.